The predicted octanol–water partition coefficient (Wildman–Crippen LogP) is 4.87. The van der Waals surface area contributed by atoms with E-state index >= 15 is 0 Å². The molecule has 0 spiro atoms. The Kier molecular flexibility index (Phi) is 10.7. The van der Waals surface area contributed by atoms with Crippen molar-refractivity contribution < 1.29 is 18.0 Å². The summed E-state index contributed by atoms with van der Waals surface area (Å²) in [6.07, 6.45) is 1.72. The van der Waals surface area contributed by atoms with Crippen LogP contribution in [0.15, 0.2) is 83.8 Å². The number of rotatable bonds is 13. The fraction of sp³-hybridized carbons (Fsp3) is 0.355. The van der Waals surface area contributed by atoms with Crippen LogP contribution >= 0.6 is 0 Å². The van der Waals surface area contributed by atoms with E-state index in [1.165, 1.54) is 17.0 Å². The molecule has 8 heteroatoms. The van der Waals surface area contributed by atoms with Gasteiger partial charge in [-0.25, -0.2) is 8.42 Å². The molecule has 3 aromatic rings. The van der Waals surface area contributed by atoms with Gasteiger partial charge >= 0.3 is 0 Å². The van der Waals surface area contributed by atoms with E-state index in [9.17, 15) is 18.0 Å². The summed E-state index contributed by atoms with van der Waals surface area (Å²) in [5.74, 6) is -0.661. The molecule has 0 aromatic heterocycles. The highest BCUT2D eigenvalue weighted by Crippen LogP contribution is 2.26. The van der Waals surface area contributed by atoms with Gasteiger partial charge in [0.2, 0.25) is 11.8 Å². The highest BCUT2D eigenvalue weighted by Gasteiger charge is 2.33. The summed E-state index contributed by atoms with van der Waals surface area (Å²) in [6, 6.07) is 22.5. The van der Waals surface area contributed by atoms with Crippen LogP contribution in [0.4, 0.5) is 5.69 Å². The minimum Gasteiger partial charge on any atom is -0.354 e. The molecule has 0 saturated heterocycles. The number of amides is 2. The first-order chi connectivity index (χ1) is 18.7. The Morgan fingerprint density at radius 1 is 0.872 bits per heavy atom. The number of nitrogens with zero attached hydrogens (tertiary/aromatic N) is 2. The highest BCUT2D eigenvalue weighted by atomic mass is 32.2. The molecule has 2 amide bonds. The van der Waals surface area contributed by atoms with Gasteiger partial charge in [0, 0.05) is 13.1 Å². The second-order valence-corrected chi connectivity index (χ2v) is 11.5. The van der Waals surface area contributed by atoms with E-state index in [1.807, 2.05) is 64.1 Å². The lowest BCUT2D eigenvalue weighted by Gasteiger charge is -2.33. The lowest BCUT2D eigenvalue weighted by molar-refractivity contribution is -0.139. The van der Waals surface area contributed by atoms with Crippen LogP contribution in [0.2, 0.25) is 0 Å². The van der Waals surface area contributed by atoms with Crippen molar-refractivity contribution in [2.45, 2.75) is 57.9 Å². The second-order valence-electron chi connectivity index (χ2n) is 9.63. The number of carbonyl (C=O) groups is 2. The summed E-state index contributed by atoms with van der Waals surface area (Å²) in [5, 5.41) is 2.91. The smallest absolute Gasteiger partial charge is 0.264 e. The average Bonchev–Trinajstić information content (AvgIpc) is 2.95. The molecule has 0 bridgehead atoms. The maximum Gasteiger partial charge on any atom is 0.264 e. The third kappa shape index (κ3) is 7.69. The summed E-state index contributed by atoms with van der Waals surface area (Å²) < 4.78 is 28.9. The van der Waals surface area contributed by atoms with Crippen LogP contribution in [0.5, 0.6) is 0 Å². The minimum atomic E-state index is -4.06. The highest BCUT2D eigenvalue weighted by molar-refractivity contribution is 7.92. The minimum absolute atomic E-state index is 0.0968. The molecule has 0 aliphatic heterocycles. The summed E-state index contributed by atoms with van der Waals surface area (Å²) in [6.45, 7) is 8.06. The third-order valence-corrected chi connectivity index (χ3v) is 8.60. The van der Waals surface area contributed by atoms with Crippen molar-refractivity contribution in [3.8, 4) is 0 Å². The van der Waals surface area contributed by atoms with Crippen LogP contribution in [0, 0.1) is 13.8 Å². The normalized spacial score (nSPS) is 12.0. The average molecular weight is 550 g/mol. The van der Waals surface area contributed by atoms with Crippen molar-refractivity contribution in [3.05, 3.63) is 95.6 Å². The first kappa shape index (κ1) is 29.9. The molecule has 0 aliphatic rings. The number of benzene rings is 3. The fourth-order valence-corrected chi connectivity index (χ4v) is 5.82. The topological polar surface area (TPSA) is 86.8 Å². The van der Waals surface area contributed by atoms with Crippen LogP contribution in [0.3, 0.4) is 0 Å². The predicted molar refractivity (Wildman–Crippen MR) is 156 cm³/mol. The number of nitrogens with one attached hydrogen (secondary N) is 1. The number of sulfonamides is 1. The van der Waals surface area contributed by atoms with E-state index in [0.29, 0.717) is 25.1 Å². The molecule has 0 heterocycles. The number of anilines is 1. The number of aryl methyl sites for hydroxylation is 2. The van der Waals surface area contributed by atoms with Gasteiger partial charge in [-0.15, -0.1) is 0 Å². The van der Waals surface area contributed by atoms with Gasteiger partial charge in [-0.1, -0.05) is 68.4 Å². The van der Waals surface area contributed by atoms with Crippen LogP contribution in [-0.4, -0.2) is 50.8 Å². The molecule has 0 saturated carbocycles. The standard InChI is InChI=1S/C31H39N3O4S/c1-5-20-32-31(36)29(6-2)33(21-19-26-13-9-7-10-14-26)30(35)23-34(27-18-17-24(3)25(4)22-27)39(37,38)28-15-11-8-12-16-28/h7-18,22,29H,5-6,19-21,23H2,1-4H3,(H,32,36)/t29-/m1/s1. The zero-order chi connectivity index (χ0) is 28.4. The lowest BCUT2D eigenvalue weighted by atomic mass is 10.1. The molecule has 39 heavy (non-hydrogen) atoms. The van der Waals surface area contributed by atoms with E-state index < -0.39 is 28.5 Å². The quantitative estimate of drug-likeness (QED) is 0.329. The Labute approximate surface area is 232 Å². The zero-order valence-electron chi connectivity index (χ0n) is 23.3. The molecule has 7 nitrogen and oxygen atoms in total. The van der Waals surface area contributed by atoms with Gasteiger partial charge in [0.15, 0.2) is 0 Å². The monoisotopic (exact) mass is 549 g/mol. The van der Waals surface area contributed by atoms with Gasteiger partial charge < -0.3 is 10.2 Å². The maximum atomic E-state index is 14.0. The van der Waals surface area contributed by atoms with Crippen molar-refractivity contribution in [2.24, 2.45) is 0 Å². The fourth-order valence-electron chi connectivity index (χ4n) is 4.39. The van der Waals surface area contributed by atoms with Crippen molar-refractivity contribution in [1.29, 1.82) is 0 Å². The molecule has 0 aliphatic carbocycles. The molecular weight excluding hydrogens is 510 g/mol. The van der Waals surface area contributed by atoms with Crippen molar-refractivity contribution >= 4 is 27.5 Å². The SMILES string of the molecule is CCCNC(=O)[C@@H](CC)N(CCc1ccccc1)C(=O)CN(c1ccc(C)c(C)c1)S(=O)(=O)c1ccccc1. The summed E-state index contributed by atoms with van der Waals surface area (Å²) in [7, 11) is -4.06. The van der Waals surface area contributed by atoms with E-state index in [2.05, 4.69) is 5.32 Å². The molecule has 208 valence electrons. The summed E-state index contributed by atoms with van der Waals surface area (Å²) in [4.78, 5) is 28.7. The Hall–Kier alpha value is -3.65. The van der Waals surface area contributed by atoms with E-state index in [-0.39, 0.29) is 17.3 Å². The van der Waals surface area contributed by atoms with Gasteiger partial charge in [0.25, 0.3) is 10.0 Å². The molecular formula is C31H39N3O4S. The van der Waals surface area contributed by atoms with Crippen molar-refractivity contribution in [2.75, 3.05) is 23.9 Å². The molecule has 0 fully saturated rings. The molecule has 3 rings (SSSR count). The number of hydrogen-bond acceptors (Lipinski definition) is 4. The maximum absolute atomic E-state index is 14.0. The summed E-state index contributed by atoms with van der Waals surface area (Å²) in [5.41, 5.74) is 3.37. The van der Waals surface area contributed by atoms with Gasteiger partial charge in [0.1, 0.15) is 12.6 Å². The molecule has 0 unspecified atom stereocenters. The Balaban J connectivity index is 2.01. The first-order valence-corrected chi connectivity index (χ1v) is 14.9. The molecule has 1 atom stereocenters. The Bertz CT molecular complexity index is 1340. The van der Waals surface area contributed by atoms with Crippen LogP contribution in [-0.2, 0) is 26.0 Å². The van der Waals surface area contributed by atoms with Crippen molar-refractivity contribution in [3.63, 3.8) is 0 Å². The van der Waals surface area contributed by atoms with Gasteiger partial charge in [0.05, 0.1) is 10.6 Å². The zero-order valence-corrected chi connectivity index (χ0v) is 24.1. The van der Waals surface area contributed by atoms with Gasteiger partial charge in [-0.05, 0) is 74.1 Å². The van der Waals surface area contributed by atoms with Crippen LogP contribution in [0.25, 0.3) is 0 Å². The molecule has 3 aromatic carbocycles. The summed E-state index contributed by atoms with van der Waals surface area (Å²) >= 11 is 0. The van der Waals surface area contributed by atoms with Gasteiger partial charge in [-0.2, -0.15) is 0 Å². The number of carbonyl (C=O) groups excluding carboxylic acids is 2. The number of hydrogen-bond donors (Lipinski definition) is 1. The Morgan fingerprint density at radius 3 is 2.10 bits per heavy atom. The third-order valence-electron chi connectivity index (χ3n) is 6.81. The molecule has 1 N–H and O–H groups in total. The van der Waals surface area contributed by atoms with Crippen LogP contribution in [0.1, 0.15) is 43.4 Å². The first-order valence-electron chi connectivity index (χ1n) is 13.4. The molecule has 0 radical (unpaired) electrons. The van der Waals surface area contributed by atoms with Crippen molar-refractivity contribution in [1.82, 2.24) is 10.2 Å². The van der Waals surface area contributed by atoms with E-state index in [1.54, 1.807) is 30.3 Å². The lowest BCUT2D eigenvalue weighted by Crippen LogP contribution is -2.53. The van der Waals surface area contributed by atoms with Gasteiger partial charge in [-0.3, -0.25) is 13.9 Å². The van der Waals surface area contributed by atoms with Crippen LogP contribution < -0.4 is 9.62 Å². The second kappa shape index (κ2) is 13.9. The van der Waals surface area contributed by atoms with E-state index in [0.717, 1.165) is 27.4 Å². The van der Waals surface area contributed by atoms with E-state index in [4.69, 9.17) is 0 Å². The largest absolute Gasteiger partial charge is 0.354 e. The Morgan fingerprint density at radius 2 is 1.51 bits per heavy atom.